The lowest BCUT2D eigenvalue weighted by atomic mass is 10.1. The summed E-state index contributed by atoms with van der Waals surface area (Å²) in [4.78, 5) is 29.8. The highest BCUT2D eigenvalue weighted by Crippen LogP contribution is 2.26. The van der Waals surface area contributed by atoms with Gasteiger partial charge in [-0.1, -0.05) is 18.2 Å². The van der Waals surface area contributed by atoms with Crippen molar-refractivity contribution in [2.75, 3.05) is 18.2 Å². The fourth-order valence-corrected chi connectivity index (χ4v) is 4.10. The lowest BCUT2D eigenvalue weighted by Gasteiger charge is -2.04. The lowest BCUT2D eigenvalue weighted by molar-refractivity contribution is -0.113. The van der Waals surface area contributed by atoms with Gasteiger partial charge >= 0.3 is 5.63 Å². The first-order valence-electron chi connectivity index (χ1n) is 8.68. The first kappa shape index (κ1) is 19.2. The van der Waals surface area contributed by atoms with E-state index in [-0.39, 0.29) is 11.7 Å². The minimum absolute atomic E-state index is 0.169. The second-order valence-electron chi connectivity index (χ2n) is 6.04. The van der Waals surface area contributed by atoms with Gasteiger partial charge in [0.05, 0.1) is 24.1 Å². The van der Waals surface area contributed by atoms with Crippen LogP contribution in [0.5, 0.6) is 5.75 Å². The standard InChI is InChI=1S/C21H16N2O4S2/c1-26-14-6-8-15(9-7-14)28-12-19(24)23-21-22-17(11-29-21)16-10-13-4-2-3-5-18(13)27-20(16)25/h2-11H,12H2,1H3,(H,22,23,24). The summed E-state index contributed by atoms with van der Waals surface area (Å²) in [5, 5.41) is 5.76. The van der Waals surface area contributed by atoms with Gasteiger partial charge in [-0.2, -0.15) is 0 Å². The molecule has 2 heterocycles. The summed E-state index contributed by atoms with van der Waals surface area (Å²) in [5.41, 5.74) is 0.920. The molecule has 1 N–H and O–H groups in total. The molecule has 8 heteroatoms. The Bertz CT molecular complexity index is 1220. The molecule has 2 aromatic carbocycles. The maximum Gasteiger partial charge on any atom is 0.345 e. The van der Waals surface area contributed by atoms with Crippen molar-refractivity contribution in [1.29, 1.82) is 0 Å². The third-order valence-electron chi connectivity index (χ3n) is 4.10. The number of carbonyl (C=O) groups is 1. The molecule has 0 aliphatic heterocycles. The molecule has 0 saturated carbocycles. The van der Waals surface area contributed by atoms with Gasteiger partial charge in [0.2, 0.25) is 5.91 Å². The number of methoxy groups -OCH3 is 1. The molecule has 6 nitrogen and oxygen atoms in total. The molecule has 4 aromatic rings. The third-order valence-corrected chi connectivity index (χ3v) is 5.87. The van der Waals surface area contributed by atoms with Gasteiger partial charge in [-0.05, 0) is 36.4 Å². The number of nitrogens with zero attached hydrogens (tertiary/aromatic N) is 1. The van der Waals surface area contributed by atoms with Crippen LogP contribution in [0.2, 0.25) is 0 Å². The smallest absolute Gasteiger partial charge is 0.345 e. The molecule has 0 aliphatic rings. The second kappa shape index (κ2) is 8.50. The molecular formula is C21H16N2O4S2. The van der Waals surface area contributed by atoms with E-state index in [4.69, 9.17) is 9.15 Å². The van der Waals surface area contributed by atoms with Crippen LogP contribution in [-0.2, 0) is 4.79 Å². The van der Waals surface area contributed by atoms with Gasteiger partial charge < -0.3 is 14.5 Å². The largest absolute Gasteiger partial charge is 0.497 e. The topological polar surface area (TPSA) is 81.4 Å². The van der Waals surface area contributed by atoms with Crippen LogP contribution in [0.1, 0.15) is 0 Å². The average Bonchev–Trinajstić information content (AvgIpc) is 3.20. The zero-order valence-electron chi connectivity index (χ0n) is 15.4. The Hall–Kier alpha value is -3.10. The van der Waals surface area contributed by atoms with Crippen molar-refractivity contribution in [2.24, 2.45) is 0 Å². The summed E-state index contributed by atoms with van der Waals surface area (Å²) in [6.07, 6.45) is 0. The highest BCUT2D eigenvalue weighted by atomic mass is 32.2. The van der Waals surface area contributed by atoms with Crippen molar-refractivity contribution < 1.29 is 13.9 Å². The monoisotopic (exact) mass is 424 g/mol. The number of carbonyl (C=O) groups excluding carboxylic acids is 1. The number of aromatic nitrogens is 1. The van der Waals surface area contributed by atoms with Crippen molar-refractivity contribution in [1.82, 2.24) is 4.98 Å². The molecule has 146 valence electrons. The lowest BCUT2D eigenvalue weighted by Crippen LogP contribution is -2.13. The zero-order valence-corrected chi connectivity index (χ0v) is 17.0. The number of ether oxygens (including phenoxy) is 1. The summed E-state index contributed by atoms with van der Waals surface area (Å²) in [5.74, 6) is 0.851. The average molecular weight is 425 g/mol. The Morgan fingerprint density at radius 3 is 2.79 bits per heavy atom. The molecular weight excluding hydrogens is 408 g/mol. The first-order valence-corrected chi connectivity index (χ1v) is 10.5. The van der Waals surface area contributed by atoms with Gasteiger partial charge in [-0.15, -0.1) is 23.1 Å². The third kappa shape index (κ3) is 4.49. The summed E-state index contributed by atoms with van der Waals surface area (Å²) in [7, 11) is 1.61. The van der Waals surface area contributed by atoms with Crippen LogP contribution in [0.15, 0.2) is 74.1 Å². The summed E-state index contributed by atoms with van der Waals surface area (Å²) < 4.78 is 10.5. The molecule has 0 unspecified atom stereocenters. The Kier molecular flexibility index (Phi) is 5.64. The van der Waals surface area contributed by atoms with E-state index in [1.165, 1.54) is 23.1 Å². The normalized spacial score (nSPS) is 10.8. The van der Waals surface area contributed by atoms with Crippen molar-refractivity contribution >= 4 is 45.1 Å². The second-order valence-corrected chi connectivity index (χ2v) is 7.94. The number of amides is 1. The fraction of sp³-hybridized carbons (Fsp3) is 0.0952. The van der Waals surface area contributed by atoms with Crippen molar-refractivity contribution in [2.45, 2.75) is 4.90 Å². The number of benzene rings is 2. The predicted octanol–water partition coefficient (Wildman–Crippen LogP) is 4.66. The van der Waals surface area contributed by atoms with Crippen LogP contribution in [0.25, 0.3) is 22.2 Å². The van der Waals surface area contributed by atoms with Crippen LogP contribution in [0.3, 0.4) is 0 Å². The maximum atomic E-state index is 12.3. The Labute approximate surface area is 174 Å². The molecule has 0 fully saturated rings. The van der Waals surface area contributed by atoms with Crippen molar-refractivity contribution in [3.05, 3.63) is 70.4 Å². The molecule has 2 aromatic heterocycles. The van der Waals surface area contributed by atoms with E-state index in [0.717, 1.165) is 16.0 Å². The van der Waals surface area contributed by atoms with E-state index < -0.39 is 5.63 Å². The van der Waals surface area contributed by atoms with E-state index in [1.54, 1.807) is 24.6 Å². The fourth-order valence-electron chi connectivity index (χ4n) is 2.67. The number of rotatable bonds is 6. The van der Waals surface area contributed by atoms with Gasteiger partial charge in [0.1, 0.15) is 11.3 Å². The molecule has 0 spiro atoms. The van der Waals surface area contributed by atoms with E-state index in [2.05, 4.69) is 10.3 Å². The van der Waals surface area contributed by atoms with E-state index in [0.29, 0.717) is 22.0 Å². The van der Waals surface area contributed by atoms with E-state index in [9.17, 15) is 9.59 Å². The summed E-state index contributed by atoms with van der Waals surface area (Å²) in [6.45, 7) is 0. The minimum atomic E-state index is -0.457. The minimum Gasteiger partial charge on any atom is -0.497 e. The number of thiazole rings is 1. The SMILES string of the molecule is COc1ccc(SCC(=O)Nc2nc(-c3cc4ccccc4oc3=O)cs2)cc1. The summed E-state index contributed by atoms with van der Waals surface area (Å²) in [6, 6.07) is 16.5. The van der Waals surface area contributed by atoms with Gasteiger partial charge in [-0.25, -0.2) is 9.78 Å². The van der Waals surface area contributed by atoms with Gasteiger partial charge in [-0.3, -0.25) is 4.79 Å². The van der Waals surface area contributed by atoms with Gasteiger partial charge in [0, 0.05) is 15.7 Å². The molecule has 0 atom stereocenters. The molecule has 0 aliphatic carbocycles. The summed E-state index contributed by atoms with van der Waals surface area (Å²) >= 11 is 2.68. The van der Waals surface area contributed by atoms with Crippen LogP contribution in [0, 0.1) is 0 Å². The highest BCUT2D eigenvalue weighted by Gasteiger charge is 2.13. The van der Waals surface area contributed by atoms with Crippen molar-refractivity contribution in [3.63, 3.8) is 0 Å². The van der Waals surface area contributed by atoms with Gasteiger partial charge in [0.15, 0.2) is 5.13 Å². The molecule has 0 bridgehead atoms. The quantitative estimate of drug-likeness (QED) is 0.358. The predicted molar refractivity (Wildman–Crippen MR) is 116 cm³/mol. The molecule has 1 amide bonds. The first-order chi connectivity index (χ1) is 14.1. The maximum absolute atomic E-state index is 12.3. The van der Waals surface area contributed by atoms with E-state index >= 15 is 0 Å². The molecule has 0 radical (unpaired) electrons. The number of hydrogen-bond acceptors (Lipinski definition) is 7. The number of thioether (sulfide) groups is 1. The van der Waals surface area contributed by atoms with Crippen LogP contribution in [-0.4, -0.2) is 23.8 Å². The Morgan fingerprint density at radius 1 is 1.21 bits per heavy atom. The van der Waals surface area contributed by atoms with Crippen molar-refractivity contribution in [3.8, 4) is 17.0 Å². The Balaban J connectivity index is 1.43. The molecule has 29 heavy (non-hydrogen) atoms. The van der Waals surface area contributed by atoms with Crippen LogP contribution < -0.4 is 15.7 Å². The number of para-hydroxylation sites is 1. The number of hydrogen-bond donors (Lipinski definition) is 1. The zero-order chi connectivity index (χ0) is 20.2. The number of fused-ring (bicyclic) bond motifs is 1. The van der Waals surface area contributed by atoms with Crippen LogP contribution in [0.4, 0.5) is 5.13 Å². The van der Waals surface area contributed by atoms with Gasteiger partial charge in [0.25, 0.3) is 0 Å². The Morgan fingerprint density at radius 2 is 2.00 bits per heavy atom. The number of anilines is 1. The van der Waals surface area contributed by atoms with E-state index in [1.807, 2.05) is 42.5 Å². The highest BCUT2D eigenvalue weighted by molar-refractivity contribution is 8.00. The van der Waals surface area contributed by atoms with Crippen LogP contribution >= 0.6 is 23.1 Å². The number of nitrogens with one attached hydrogen (secondary N) is 1. The molecule has 0 saturated heterocycles. The molecule has 4 rings (SSSR count).